The van der Waals surface area contributed by atoms with Gasteiger partial charge in [0.1, 0.15) is 0 Å². The van der Waals surface area contributed by atoms with Gasteiger partial charge in [-0.15, -0.1) is 0 Å². The highest BCUT2D eigenvalue weighted by molar-refractivity contribution is 7.89. The molecule has 0 spiro atoms. The smallest absolute Gasteiger partial charge is 0.250 e. The molecular formula is C15H18N4O3S. The first kappa shape index (κ1) is 14.6. The van der Waals surface area contributed by atoms with Crippen LogP contribution >= 0.6 is 0 Å². The third-order valence-corrected chi connectivity index (χ3v) is 5.99. The molecule has 7 nitrogen and oxygen atoms in total. The molecule has 2 aliphatic rings. The molecule has 0 saturated heterocycles. The molecule has 0 radical (unpaired) electrons. The highest BCUT2D eigenvalue weighted by Gasteiger charge is 2.38. The number of aromatic nitrogens is 3. The van der Waals surface area contributed by atoms with Gasteiger partial charge < -0.3 is 4.74 Å². The number of nitrogens with zero attached hydrogens (tertiary/aromatic N) is 4. The average Bonchev–Trinajstić information content (AvgIpc) is 3.09. The van der Waals surface area contributed by atoms with Gasteiger partial charge in [0.2, 0.25) is 5.88 Å². The first-order valence-corrected chi connectivity index (χ1v) is 8.92. The highest BCUT2D eigenvalue weighted by Crippen LogP contribution is 2.36. The average molecular weight is 334 g/mol. The molecule has 4 heterocycles. The van der Waals surface area contributed by atoms with Crippen molar-refractivity contribution in [2.24, 2.45) is 5.41 Å². The van der Waals surface area contributed by atoms with Gasteiger partial charge in [-0.1, -0.05) is 19.9 Å². The van der Waals surface area contributed by atoms with Crippen LogP contribution in [0.5, 0.6) is 5.88 Å². The lowest BCUT2D eigenvalue weighted by Gasteiger charge is -2.30. The molecule has 23 heavy (non-hydrogen) atoms. The number of hydrogen-bond donors (Lipinski definition) is 0. The molecule has 0 N–H and O–H groups in total. The molecule has 2 aromatic heterocycles. The fourth-order valence-electron chi connectivity index (χ4n) is 2.99. The third-order valence-electron chi connectivity index (χ3n) is 4.21. The second-order valence-electron chi connectivity index (χ2n) is 6.81. The molecular weight excluding hydrogens is 316 g/mol. The van der Waals surface area contributed by atoms with Crippen molar-refractivity contribution in [1.82, 2.24) is 19.1 Å². The number of sulfonamides is 1. The summed E-state index contributed by atoms with van der Waals surface area (Å²) in [6.45, 7) is 5.86. The lowest BCUT2D eigenvalue weighted by atomic mass is 9.94. The van der Waals surface area contributed by atoms with Gasteiger partial charge in [-0.05, 0) is 11.6 Å². The predicted molar refractivity (Wildman–Crippen MR) is 82.2 cm³/mol. The van der Waals surface area contributed by atoms with Gasteiger partial charge in [0, 0.05) is 18.2 Å². The molecule has 0 aromatic carbocycles. The Balaban J connectivity index is 1.68. The van der Waals surface area contributed by atoms with E-state index in [4.69, 9.17) is 4.74 Å². The molecule has 0 bridgehead atoms. The van der Waals surface area contributed by atoms with Gasteiger partial charge in [0.25, 0.3) is 10.0 Å². The van der Waals surface area contributed by atoms with Crippen LogP contribution in [0.25, 0.3) is 0 Å². The Bertz CT molecular complexity index is 848. The summed E-state index contributed by atoms with van der Waals surface area (Å²) in [5, 5.41) is 4.21. The Morgan fingerprint density at radius 3 is 2.91 bits per heavy atom. The van der Waals surface area contributed by atoms with E-state index in [2.05, 4.69) is 23.9 Å². The Labute approximate surface area is 134 Å². The summed E-state index contributed by atoms with van der Waals surface area (Å²) in [6.07, 6.45) is 3.07. The molecule has 2 aliphatic heterocycles. The first-order chi connectivity index (χ1) is 10.9. The minimum atomic E-state index is -3.66. The second-order valence-corrected chi connectivity index (χ2v) is 8.71. The van der Waals surface area contributed by atoms with E-state index in [1.54, 1.807) is 10.9 Å². The minimum Gasteiger partial charge on any atom is -0.476 e. The summed E-state index contributed by atoms with van der Waals surface area (Å²) >= 11 is 0. The first-order valence-electron chi connectivity index (χ1n) is 7.48. The van der Waals surface area contributed by atoms with Gasteiger partial charge in [-0.25, -0.2) is 13.1 Å². The number of fused-ring (bicyclic) bond motifs is 2. The second kappa shape index (κ2) is 4.78. The van der Waals surface area contributed by atoms with Crippen LogP contribution in [0.4, 0.5) is 0 Å². The van der Waals surface area contributed by atoms with Crippen LogP contribution in [-0.4, -0.2) is 34.1 Å². The van der Waals surface area contributed by atoms with E-state index in [1.807, 2.05) is 12.1 Å². The molecule has 0 atom stereocenters. The molecule has 0 amide bonds. The maximum Gasteiger partial charge on any atom is 0.250 e. The van der Waals surface area contributed by atoms with Crippen molar-refractivity contribution >= 4 is 10.0 Å². The topological polar surface area (TPSA) is 77.3 Å². The summed E-state index contributed by atoms with van der Waals surface area (Å²) in [5.74, 6) is 0.341. The fraction of sp³-hybridized carbons (Fsp3) is 0.467. The zero-order valence-corrected chi connectivity index (χ0v) is 13.9. The van der Waals surface area contributed by atoms with Crippen molar-refractivity contribution in [3.63, 3.8) is 0 Å². The lowest BCUT2D eigenvalue weighted by Crippen LogP contribution is -2.34. The standard InChI is InChI=1S/C15H18N4O3S/c1-15(2)9-19-14(22-10-15)13(6-17-19)23(20,21)18-7-11-4-3-5-16-12(11)8-18/h3-6H,7-10H2,1-2H3. The summed E-state index contributed by atoms with van der Waals surface area (Å²) in [6, 6.07) is 3.73. The van der Waals surface area contributed by atoms with Crippen molar-refractivity contribution in [3.8, 4) is 5.88 Å². The van der Waals surface area contributed by atoms with Crippen molar-refractivity contribution in [2.75, 3.05) is 6.61 Å². The summed E-state index contributed by atoms with van der Waals surface area (Å²) in [5.41, 5.74) is 1.69. The van der Waals surface area contributed by atoms with E-state index in [1.165, 1.54) is 10.5 Å². The monoisotopic (exact) mass is 334 g/mol. The van der Waals surface area contributed by atoms with Crippen molar-refractivity contribution in [1.29, 1.82) is 0 Å². The summed E-state index contributed by atoms with van der Waals surface area (Å²) in [7, 11) is -3.66. The van der Waals surface area contributed by atoms with Gasteiger partial charge >= 0.3 is 0 Å². The minimum absolute atomic E-state index is 0.0617. The van der Waals surface area contributed by atoms with E-state index in [9.17, 15) is 8.42 Å². The van der Waals surface area contributed by atoms with Crippen LogP contribution in [0, 0.1) is 5.41 Å². The maximum absolute atomic E-state index is 13.0. The lowest BCUT2D eigenvalue weighted by molar-refractivity contribution is 0.0969. The Kier molecular flexibility index (Phi) is 3.05. The van der Waals surface area contributed by atoms with Gasteiger partial charge in [-0.2, -0.15) is 9.40 Å². The normalized spacial score (nSPS) is 19.9. The number of rotatable bonds is 2. The SMILES string of the molecule is CC1(C)COc2c(S(=O)(=O)N3Cc4cccnc4C3)cnn2C1. The number of pyridine rings is 1. The summed E-state index contributed by atoms with van der Waals surface area (Å²) < 4.78 is 34.7. The molecule has 0 aliphatic carbocycles. The molecule has 2 aromatic rings. The fourth-order valence-corrected chi connectivity index (χ4v) is 4.43. The van der Waals surface area contributed by atoms with E-state index in [0.29, 0.717) is 25.6 Å². The largest absolute Gasteiger partial charge is 0.476 e. The molecule has 0 saturated carbocycles. The quantitative estimate of drug-likeness (QED) is 0.830. The van der Waals surface area contributed by atoms with E-state index in [-0.39, 0.29) is 16.9 Å². The van der Waals surface area contributed by atoms with E-state index < -0.39 is 10.0 Å². The molecule has 0 unspecified atom stereocenters. The van der Waals surface area contributed by atoms with Crippen LogP contribution in [-0.2, 0) is 29.7 Å². The number of hydrogen-bond acceptors (Lipinski definition) is 5. The highest BCUT2D eigenvalue weighted by atomic mass is 32.2. The Morgan fingerprint density at radius 1 is 1.30 bits per heavy atom. The van der Waals surface area contributed by atoms with Crippen molar-refractivity contribution in [3.05, 3.63) is 35.8 Å². The molecule has 8 heteroatoms. The van der Waals surface area contributed by atoms with Crippen molar-refractivity contribution < 1.29 is 13.2 Å². The Hall–Kier alpha value is -1.93. The van der Waals surface area contributed by atoms with Crippen LogP contribution < -0.4 is 4.74 Å². The number of ether oxygens (including phenoxy) is 1. The zero-order valence-electron chi connectivity index (χ0n) is 13.1. The van der Waals surface area contributed by atoms with Gasteiger partial charge in [-0.3, -0.25) is 4.98 Å². The predicted octanol–water partition coefficient (Wildman–Crippen LogP) is 1.40. The van der Waals surface area contributed by atoms with Crippen LogP contribution in [0.1, 0.15) is 25.1 Å². The molecule has 0 fully saturated rings. The van der Waals surface area contributed by atoms with Gasteiger partial charge in [0.15, 0.2) is 4.90 Å². The van der Waals surface area contributed by atoms with Crippen LogP contribution in [0.2, 0.25) is 0 Å². The molecule has 4 rings (SSSR count). The summed E-state index contributed by atoms with van der Waals surface area (Å²) in [4.78, 5) is 4.39. The third kappa shape index (κ3) is 2.33. The van der Waals surface area contributed by atoms with Crippen LogP contribution in [0.3, 0.4) is 0 Å². The van der Waals surface area contributed by atoms with Crippen LogP contribution in [0.15, 0.2) is 29.4 Å². The van der Waals surface area contributed by atoms with Crippen molar-refractivity contribution in [2.45, 2.75) is 38.4 Å². The zero-order chi connectivity index (χ0) is 16.2. The van der Waals surface area contributed by atoms with E-state index >= 15 is 0 Å². The van der Waals surface area contributed by atoms with Gasteiger partial charge in [0.05, 0.1) is 31.6 Å². The maximum atomic E-state index is 13.0. The van der Waals surface area contributed by atoms with E-state index in [0.717, 1.165) is 11.3 Å². The Morgan fingerprint density at radius 2 is 2.13 bits per heavy atom. The molecule has 122 valence electrons.